The highest BCUT2D eigenvalue weighted by atomic mass is 19.1. The highest BCUT2D eigenvalue weighted by Gasteiger charge is 2.17. The molecular weight excluding hydrogens is 397 g/mol. The van der Waals surface area contributed by atoms with E-state index in [1.54, 1.807) is 31.6 Å². The largest absolute Gasteiger partial charge is 0.495 e. The Labute approximate surface area is 178 Å². The van der Waals surface area contributed by atoms with Crippen LogP contribution in [0.3, 0.4) is 0 Å². The third kappa shape index (κ3) is 4.48. The fraction of sp³-hybridized carbons (Fsp3) is 0.136. The number of aromatic nitrogens is 4. The summed E-state index contributed by atoms with van der Waals surface area (Å²) in [6.07, 6.45) is 5.46. The molecule has 0 aliphatic carbocycles. The fourth-order valence-electron chi connectivity index (χ4n) is 3.06. The van der Waals surface area contributed by atoms with Gasteiger partial charge in [-0.3, -0.25) is 9.97 Å². The number of anilines is 2. The summed E-state index contributed by atoms with van der Waals surface area (Å²) >= 11 is 0. The number of aryl methyl sites for hydroxylation is 1. The summed E-state index contributed by atoms with van der Waals surface area (Å²) in [7, 11) is 1.60. The molecule has 0 saturated heterocycles. The molecule has 9 heteroatoms. The lowest BCUT2D eigenvalue weighted by molar-refractivity contribution is 0.420. The molecule has 3 heterocycles. The summed E-state index contributed by atoms with van der Waals surface area (Å²) in [5.74, 6) is 0.582. The molecule has 31 heavy (non-hydrogen) atoms. The van der Waals surface area contributed by atoms with Gasteiger partial charge in [0.05, 0.1) is 18.3 Å². The number of hydrogen-bond donors (Lipinski definition) is 2. The molecule has 0 amide bonds. The second kappa shape index (κ2) is 9.45. The average molecular weight is 417 g/mol. The van der Waals surface area contributed by atoms with E-state index in [1.807, 2.05) is 19.1 Å². The Balaban J connectivity index is 0.000000229. The van der Waals surface area contributed by atoms with Gasteiger partial charge in [-0.15, -0.1) is 0 Å². The number of fused-ring (bicyclic) bond motifs is 1. The van der Waals surface area contributed by atoms with Crippen LogP contribution in [0.1, 0.15) is 18.2 Å². The normalized spacial score (nSPS) is 10.1. The molecule has 4 N–H and O–H groups in total. The van der Waals surface area contributed by atoms with Crippen LogP contribution in [0.5, 0.6) is 5.75 Å². The van der Waals surface area contributed by atoms with Gasteiger partial charge in [0.25, 0.3) is 0 Å². The lowest BCUT2D eigenvalue weighted by Crippen LogP contribution is -2.01. The van der Waals surface area contributed by atoms with Crippen molar-refractivity contribution in [1.82, 2.24) is 19.9 Å². The molecular formula is C22H20FN7O. The second-order valence-corrected chi connectivity index (χ2v) is 6.35. The molecule has 0 atom stereocenters. The summed E-state index contributed by atoms with van der Waals surface area (Å²) < 4.78 is 19.1. The van der Waals surface area contributed by atoms with E-state index in [0.29, 0.717) is 11.1 Å². The third-order valence-electron chi connectivity index (χ3n) is 4.48. The van der Waals surface area contributed by atoms with Gasteiger partial charge < -0.3 is 16.2 Å². The summed E-state index contributed by atoms with van der Waals surface area (Å²) in [5, 5.41) is 9.08. The first-order chi connectivity index (χ1) is 15.0. The zero-order valence-electron chi connectivity index (χ0n) is 17.0. The molecule has 0 unspecified atom stereocenters. The lowest BCUT2D eigenvalue weighted by atomic mass is 10.00. The lowest BCUT2D eigenvalue weighted by Gasteiger charge is -2.15. The number of nitrogens with zero attached hydrogens (tertiary/aromatic N) is 5. The van der Waals surface area contributed by atoms with Crippen LogP contribution in [0.25, 0.3) is 22.0 Å². The maximum Gasteiger partial charge on any atom is 0.146 e. The molecule has 0 spiro atoms. The number of ether oxygens (including phenoxy) is 1. The van der Waals surface area contributed by atoms with E-state index in [2.05, 4.69) is 19.9 Å². The maximum absolute atomic E-state index is 13.6. The van der Waals surface area contributed by atoms with Crippen LogP contribution >= 0.6 is 0 Å². The van der Waals surface area contributed by atoms with E-state index in [0.717, 1.165) is 28.8 Å². The van der Waals surface area contributed by atoms with Crippen LogP contribution in [-0.4, -0.2) is 27.0 Å². The first kappa shape index (κ1) is 21.4. The van der Waals surface area contributed by atoms with Crippen molar-refractivity contribution in [3.8, 4) is 22.9 Å². The Bertz CT molecular complexity index is 1240. The van der Waals surface area contributed by atoms with Crippen molar-refractivity contribution >= 4 is 22.5 Å². The SMILES string of the molecule is CCc1nc2ccc(F)cc2c(OC)c1-c1cccnc1.N#Cc1c(N)ncnc1N. The van der Waals surface area contributed by atoms with Crippen molar-refractivity contribution in [1.29, 1.82) is 5.26 Å². The Morgan fingerprint density at radius 3 is 2.45 bits per heavy atom. The van der Waals surface area contributed by atoms with Gasteiger partial charge in [-0.2, -0.15) is 5.26 Å². The molecule has 0 aliphatic rings. The van der Waals surface area contributed by atoms with E-state index >= 15 is 0 Å². The van der Waals surface area contributed by atoms with Crippen LogP contribution in [0, 0.1) is 17.1 Å². The van der Waals surface area contributed by atoms with Gasteiger partial charge in [0.1, 0.15) is 41.2 Å². The first-order valence-corrected chi connectivity index (χ1v) is 9.32. The van der Waals surface area contributed by atoms with Gasteiger partial charge in [0.2, 0.25) is 0 Å². The Hall–Kier alpha value is -4.32. The van der Waals surface area contributed by atoms with Gasteiger partial charge in [-0.05, 0) is 30.7 Å². The molecule has 0 aliphatic heterocycles. The van der Waals surface area contributed by atoms with E-state index < -0.39 is 0 Å². The highest BCUT2D eigenvalue weighted by molar-refractivity contribution is 5.93. The smallest absolute Gasteiger partial charge is 0.146 e. The van der Waals surface area contributed by atoms with Crippen molar-refractivity contribution in [3.63, 3.8) is 0 Å². The van der Waals surface area contributed by atoms with Crippen molar-refractivity contribution in [2.45, 2.75) is 13.3 Å². The number of hydrogen-bond acceptors (Lipinski definition) is 8. The number of benzene rings is 1. The van der Waals surface area contributed by atoms with Crippen LogP contribution in [0.15, 0.2) is 49.1 Å². The molecule has 3 aromatic heterocycles. The van der Waals surface area contributed by atoms with Crippen molar-refractivity contribution in [2.75, 3.05) is 18.6 Å². The van der Waals surface area contributed by atoms with Gasteiger partial charge in [0.15, 0.2) is 0 Å². The molecule has 0 radical (unpaired) electrons. The predicted molar refractivity (Wildman–Crippen MR) is 116 cm³/mol. The minimum Gasteiger partial charge on any atom is -0.495 e. The molecule has 156 valence electrons. The summed E-state index contributed by atoms with van der Waals surface area (Å²) in [6.45, 7) is 2.04. The number of nitrogens with two attached hydrogens (primary N) is 2. The molecule has 8 nitrogen and oxygen atoms in total. The Morgan fingerprint density at radius 1 is 1.16 bits per heavy atom. The van der Waals surface area contributed by atoms with Crippen molar-refractivity contribution < 1.29 is 9.13 Å². The minimum atomic E-state index is -0.302. The molecule has 4 aromatic rings. The van der Waals surface area contributed by atoms with Crippen molar-refractivity contribution in [3.05, 3.63) is 66.1 Å². The van der Waals surface area contributed by atoms with Gasteiger partial charge in [0, 0.05) is 28.9 Å². The topological polar surface area (TPSA) is 137 Å². The fourth-order valence-corrected chi connectivity index (χ4v) is 3.06. The summed E-state index contributed by atoms with van der Waals surface area (Å²) in [6, 6.07) is 10.2. The Morgan fingerprint density at radius 2 is 1.90 bits per heavy atom. The number of pyridine rings is 2. The number of nitriles is 1. The number of nitrogen functional groups attached to an aromatic ring is 2. The maximum atomic E-state index is 13.6. The molecule has 4 rings (SSSR count). The zero-order valence-corrected chi connectivity index (χ0v) is 17.0. The van der Waals surface area contributed by atoms with E-state index in [-0.39, 0.29) is 23.0 Å². The zero-order chi connectivity index (χ0) is 22.4. The number of halogens is 1. The second-order valence-electron chi connectivity index (χ2n) is 6.35. The minimum absolute atomic E-state index is 0.120. The van der Waals surface area contributed by atoms with E-state index in [1.165, 1.54) is 18.5 Å². The number of rotatable bonds is 3. The quantitative estimate of drug-likeness (QED) is 0.516. The monoisotopic (exact) mass is 417 g/mol. The van der Waals surface area contributed by atoms with Crippen LogP contribution in [-0.2, 0) is 6.42 Å². The van der Waals surface area contributed by atoms with Crippen LogP contribution in [0.4, 0.5) is 16.0 Å². The van der Waals surface area contributed by atoms with E-state index in [4.69, 9.17) is 21.5 Å². The highest BCUT2D eigenvalue weighted by Crippen LogP contribution is 2.38. The van der Waals surface area contributed by atoms with Crippen molar-refractivity contribution in [2.24, 2.45) is 0 Å². The summed E-state index contributed by atoms with van der Waals surface area (Å²) in [4.78, 5) is 15.9. The van der Waals surface area contributed by atoms with Gasteiger partial charge in [-0.25, -0.2) is 14.4 Å². The van der Waals surface area contributed by atoms with Crippen LogP contribution < -0.4 is 16.2 Å². The van der Waals surface area contributed by atoms with E-state index in [9.17, 15) is 4.39 Å². The molecule has 0 fully saturated rings. The summed E-state index contributed by atoms with van der Waals surface area (Å²) in [5.41, 5.74) is 14.1. The molecule has 0 saturated carbocycles. The number of methoxy groups -OCH3 is 1. The molecule has 0 bridgehead atoms. The van der Waals surface area contributed by atoms with Crippen LogP contribution in [0.2, 0.25) is 0 Å². The average Bonchev–Trinajstić information content (AvgIpc) is 2.79. The third-order valence-corrected chi connectivity index (χ3v) is 4.48. The predicted octanol–water partition coefficient (Wildman–Crippen LogP) is 3.52. The Kier molecular flexibility index (Phi) is 6.52. The van der Waals surface area contributed by atoms with Gasteiger partial charge >= 0.3 is 0 Å². The molecule has 1 aromatic carbocycles. The first-order valence-electron chi connectivity index (χ1n) is 9.32. The standard InChI is InChI=1S/C17H15FN2O.C5H5N5/c1-3-14-16(11-5-4-8-19-10-11)17(21-2)13-9-12(18)6-7-15(13)20-14;6-1-3-4(7)9-2-10-5(3)8/h4-10H,3H2,1-2H3;2H,(H4,7,8,9,10). The van der Waals surface area contributed by atoms with Gasteiger partial charge in [-0.1, -0.05) is 13.0 Å².